The first-order chi connectivity index (χ1) is 4.27. The summed E-state index contributed by atoms with van der Waals surface area (Å²) in [4.78, 5) is 0. The van der Waals surface area contributed by atoms with Crippen LogP contribution in [-0.2, 0) is 9.47 Å². The first-order valence-corrected chi connectivity index (χ1v) is 3.46. The maximum Gasteiger partial charge on any atom is 0.165 e. The van der Waals surface area contributed by atoms with Crippen molar-refractivity contribution < 1.29 is 9.47 Å². The summed E-state index contributed by atoms with van der Waals surface area (Å²) >= 11 is 0. The lowest BCUT2D eigenvalue weighted by molar-refractivity contribution is -0.229. The molecule has 0 unspecified atom stereocenters. The highest BCUT2D eigenvalue weighted by Crippen LogP contribution is 2.24. The Labute approximate surface area is 56.2 Å². The van der Waals surface area contributed by atoms with Crippen molar-refractivity contribution in [1.82, 2.24) is 0 Å². The molecule has 0 bridgehead atoms. The molecular formula is C7H14O2. The first kappa shape index (κ1) is 7.03. The lowest BCUT2D eigenvalue weighted by atomic mass is 10.1. The van der Waals surface area contributed by atoms with Crippen molar-refractivity contribution in [3.8, 4) is 0 Å². The van der Waals surface area contributed by atoms with Gasteiger partial charge in [0.2, 0.25) is 0 Å². The third kappa shape index (κ3) is 1.66. The molecule has 1 atom stereocenters. The summed E-state index contributed by atoms with van der Waals surface area (Å²) in [5.74, 6) is -0.280. The molecule has 54 valence electrons. The van der Waals surface area contributed by atoms with Crippen LogP contribution in [0, 0.1) is 0 Å². The molecule has 0 amide bonds. The zero-order valence-corrected chi connectivity index (χ0v) is 6.14. The van der Waals surface area contributed by atoms with Crippen LogP contribution in [0.4, 0.5) is 0 Å². The van der Waals surface area contributed by atoms with E-state index in [1.165, 1.54) is 12.8 Å². The van der Waals surface area contributed by atoms with Crippen molar-refractivity contribution in [2.24, 2.45) is 0 Å². The van der Waals surface area contributed by atoms with Gasteiger partial charge in [-0.2, -0.15) is 0 Å². The molecule has 1 heterocycles. The summed E-state index contributed by atoms with van der Waals surface area (Å²) in [6.07, 6.45) is 3.44. The molecule has 1 aliphatic heterocycles. The number of hydrogen-bond donors (Lipinski definition) is 0. The molecular weight excluding hydrogens is 116 g/mol. The molecule has 0 N–H and O–H groups in total. The Hall–Kier alpha value is -0.0800. The summed E-state index contributed by atoms with van der Waals surface area (Å²) in [6.45, 7) is 2.84. The van der Waals surface area contributed by atoms with Crippen molar-refractivity contribution in [2.75, 3.05) is 13.7 Å². The molecule has 0 saturated carbocycles. The fourth-order valence-corrected chi connectivity index (χ4v) is 1.07. The van der Waals surface area contributed by atoms with E-state index in [1.54, 1.807) is 7.11 Å². The van der Waals surface area contributed by atoms with Gasteiger partial charge < -0.3 is 9.47 Å². The second-order valence-electron chi connectivity index (χ2n) is 2.64. The summed E-state index contributed by atoms with van der Waals surface area (Å²) in [6, 6.07) is 0. The molecule has 9 heavy (non-hydrogen) atoms. The van der Waals surface area contributed by atoms with Crippen LogP contribution in [0.5, 0.6) is 0 Å². The summed E-state index contributed by atoms with van der Waals surface area (Å²) < 4.78 is 10.5. The van der Waals surface area contributed by atoms with E-state index in [9.17, 15) is 0 Å². The van der Waals surface area contributed by atoms with Gasteiger partial charge in [-0.05, 0) is 19.8 Å². The van der Waals surface area contributed by atoms with Crippen LogP contribution < -0.4 is 0 Å². The normalized spacial score (nSPS) is 36.7. The lowest BCUT2D eigenvalue weighted by Gasteiger charge is -2.31. The van der Waals surface area contributed by atoms with Gasteiger partial charge >= 0.3 is 0 Å². The first-order valence-electron chi connectivity index (χ1n) is 3.46. The number of hydrogen-bond acceptors (Lipinski definition) is 2. The van der Waals surface area contributed by atoms with Crippen molar-refractivity contribution in [1.29, 1.82) is 0 Å². The Morgan fingerprint density at radius 1 is 1.44 bits per heavy atom. The van der Waals surface area contributed by atoms with Crippen LogP contribution in [0.15, 0.2) is 0 Å². The van der Waals surface area contributed by atoms with Crippen molar-refractivity contribution in [3.05, 3.63) is 0 Å². The van der Waals surface area contributed by atoms with E-state index in [2.05, 4.69) is 0 Å². The van der Waals surface area contributed by atoms with Crippen molar-refractivity contribution in [3.63, 3.8) is 0 Å². The van der Waals surface area contributed by atoms with Gasteiger partial charge in [0.15, 0.2) is 5.79 Å². The van der Waals surface area contributed by atoms with E-state index >= 15 is 0 Å². The van der Waals surface area contributed by atoms with E-state index in [0.29, 0.717) is 0 Å². The molecule has 0 aromatic heterocycles. The molecule has 0 aromatic carbocycles. The van der Waals surface area contributed by atoms with Gasteiger partial charge in [-0.25, -0.2) is 0 Å². The molecule has 1 aliphatic rings. The average Bonchev–Trinajstić information content (AvgIpc) is 1.90. The van der Waals surface area contributed by atoms with Crippen molar-refractivity contribution >= 4 is 0 Å². The van der Waals surface area contributed by atoms with Crippen LogP contribution in [0.2, 0.25) is 0 Å². The molecule has 1 rings (SSSR count). The highest BCUT2D eigenvalue weighted by molar-refractivity contribution is 4.66. The van der Waals surface area contributed by atoms with E-state index in [4.69, 9.17) is 9.47 Å². The second kappa shape index (κ2) is 2.67. The smallest absolute Gasteiger partial charge is 0.165 e. The molecule has 0 spiro atoms. The minimum Gasteiger partial charge on any atom is -0.353 e. The van der Waals surface area contributed by atoms with E-state index in [-0.39, 0.29) is 5.79 Å². The lowest BCUT2D eigenvalue weighted by Crippen LogP contribution is -2.34. The summed E-state index contributed by atoms with van der Waals surface area (Å²) in [7, 11) is 1.70. The number of ether oxygens (including phenoxy) is 2. The Balaban J connectivity index is 2.37. The summed E-state index contributed by atoms with van der Waals surface area (Å²) in [5.41, 5.74) is 0. The van der Waals surface area contributed by atoms with Crippen LogP contribution in [-0.4, -0.2) is 19.5 Å². The highest BCUT2D eigenvalue weighted by Gasteiger charge is 2.26. The average molecular weight is 130 g/mol. The van der Waals surface area contributed by atoms with Gasteiger partial charge in [-0.3, -0.25) is 0 Å². The SMILES string of the molecule is CO[C@@]1(C)CCCCO1. The fraction of sp³-hybridized carbons (Fsp3) is 1.00. The van der Waals surface area contributed by atoms with Gasteiger partial charge in [-0.15, -0.1) is 0 Å². The quantitative estimate of drug-likeness (QED) is 0.536. The molecule has 2 heteroatoms. The van der Waals surface area contributed by atoms with Gasteiger partial charge in [0, 0.05) is 13.5 Å². The minimum atomic E-state index is -0.280. The Morgan fingerprint density at radius 3 is 2.56 bits per heavy atom. The fourth-order valence-electron chi connectivity index (χ4n) is 1.07. The van der Waals surface area contributed by atoms with Crippen LogP contribution >= 0.6 is 0 Å². The standard InChI is InChI=1S/C7H14O2/c1-7(8-2)5-3-4-6-9-7/h3-6H2,1-2H3/t7-/m1/s1. The largest absolute Gasteiger partial charge is 0.353 e. The Bertz CT molecular complexity index is 84.9. The topological polar surface area (TPSA) is 18.5 Å². The number of rotatable bonds is 1. The van der Waals surface area contributed by atoms with Crippen molar-refractivity contribution in [2.45, 2.75) is 32.0 Å². The van der Waals surface area contributed by atoms with Crippen LogP contribution in [0.25, 0.3) is 0 Å². The highest BCUT2D eigenvalue weighted by atomic mass is 16.7. The van der Waals surface area contributed by atoms with Gasteiger partial charge in [0.05, 0.1) is 6.61 Å². The molecule has 0 aromatic rings. The molecule has 1 saturated heterocycles. The monoisotopic (exact) mass is 130 g/mol. The third-order valence-electron chi connectivity index (χ3n) is 1.86. The van der Waals surface area contributed by atoms with Crippen LogP contribution in [0.3, 0.4) is 0 Å². The predicted octanol–water partition coefficient (Wildman–Crippen LogP) is 1.55. The van der Waals surface area contributed by atoms with Gasteiger partial charge in [0.25, 0.3) is 0 Å². The van der Waals surface area contributed by atoms with E-state index in [1.807, 2.05) is 6.92 Å². The molecule has 1 fully saturated rings. The maximum absolute atomic E-state index is 5.39. The van der Waals surface area contributed by atoms with E-state index in [0.717, 1.165) is 13.0 Å². The maximum atomic E-state index is 5.39. The zero-order chi connectivity index (χ0) is 6.74. The number of methoxy groups -OCH3 is 1. The Kier molecular flexibility index (Phi) is 2.09. The molecule has 0 radical (unpaired) electrons. The predicted molar refractivity (Wildman–Crippen MR) is 35.2 cm³/mol. The summed E-state index contributed by atoms with van der Waals surface area (Å²) in [5, 5.41) is 0. The minimum absolute atomic E-state index is 0.280. The molecule has 2 nitrogen and oxygen atoms in total. The second-order valence-corrected chi connectivity index (χ2v) is 2.64. The third-order valence-corrected chi connectivity index (χ3v) is 1.86. The Morgan fingerprint density at radius 2 is 2.22 bits per heavy atom. The van der Waals surface area contributed by atoms with Gasteiger partial charge in [0.1, 0.15) is 0 Å². The van der Waals surface area contributed by atoms with Crippen LogP contribution in [0.1, 0.15) is 26.2 Å². The van der Waals surface area contributed by atoms with Gasteiger partial charge in [-0.1, -0.05) is 0 Å². The van der Waals surface area contributed by atoms with E-state index < -0.39 is 0 Å². The zero-order valence-electron chi connectivity index (χ0n) is 6.14. The molecule has 0 aliphatic carbocycles.